The summed E-state index contributed by atoms with van der Waals surface area (Å²) in [4.78, 5) is 0. The summed E-state index contributed by atoms with van der Waals surface area (Å²) in [7, 11) is 0. The Labute approximate surface area is 71.4 Å². The molecule has 12 heavy (non-hydrogen) atoms. The van der Waals surface area contributed by atoms with Crippen LogP contribution in [0.1, 0.15) is 5.56 Å². The second-order valence-corrected chi connectivity index (χ2v) is 2.84. The zero-order valence-electron chi connectivity index (χ0n) is 6.80. The molecule has 1 heterocycles. The Morgan fingerprint density at radius 2 is 2.42 bits per heavy atom. The highest BCUT2D eigenvalue weighted by atomic mass is 16.3. The van der Waals surface area contributed by atoms with Crippen LogP contribution in [0.15, 0.2) is 18.2 Å². The molecule has 0 bridgehead atoms. The summed E-state index contributed by atoms with van der Waals surface area (Å²) in [6.45, 7) is 1.73. The van der Waals surface area contributed by atoms with E-state index in [1.807, 2.05) is 12.1 Å². The van der Waals surface area contributed by atoms with Gasteiger partial charge in [0.2, 0.25) is 0 Å². The van der Waals surface area contributed by atoms with E-state index in [-0.39, 0.29) is 6.61 Å². The molecule has 64 valence electrons. The molecular weight excluding hydrogens is 152 g/mol. The van der Waals surface area contributed by atoms with Gasteiger partial charge in [-0.25, -0.2) is 0 Å². The highest BCUT2D eigenvalue weighted by Crippen LogP contribution is 2.31. The Hall–Kier alpha value is -1.22. The Kier molecular flexibility index (Phi) is 1.87. The summed E-state index contributed by atoms with van der Waals surface area (Å²) in [5.74, 6) is 0. The molecule has 0 aliphatic carbocycles. The summed E-state index contributed by atoms with van der Waals surface area (Å²) in [6, 6.07) is 6.10. The van der Waals surface area contributed by atoms with E-state index in [1.165, 1.54) is 11.3 Å². The average molecular weight is 164 g/mol. The van der Waals surface area contributed by atoms with Gasteiger partial charge < -0.3 is 15.7 Å². The lowest BCUT2D eigenvalue weighted by Gasteiger charge is -2.24. The molecule has 1 aliphatic rings. The minimum atomic E-state index is 0.178. The molecule has 3 nitrogen and oxygen atoms in total. The number of rotatable bonds is 3. The largest absolute Gasteiger partial charge is 0.395 e. The fraction of sp³-hybridized carbons (Fsp3) is 0.333. The summed E-state index contributed by atoms with van der Waals surface area (Å²) in [6.07, 6.45) is 0. The minimum absolute atomic E-state index is 0.178. The van der Waals surface area contributed by atoms with E-state index in [2.05, 4.69) is 16.7 Å². The zero-order valence-corrected chi connectivity index (χ0v) is 6.80. The highest BCUT2D eigenvalue weighted by Gasteiger charge is 2.14. The van der Waals surface area contributed by atoms with Crippen molar-refractivity contribution in [1.29, 1.82) is 0 Å². The molecule has 0 aromatic heterocycles. The Balaban J connectivity index is 2.15. The summed E-state index contributed by atoms with van der Waals surface area (Å²) in [5.41, 5.74) is 3.67. The lowest BCUT2D eigenvalue weighted by molar-refractivity contribution is 0.311. The van der Waals surface area contributed by atoms with Crippen molar-refractivity contribution in [2.75, 3.05) is 23.8 Å². The fourth-order valence-corrected chi connectivity index (χ4v) is 1.38. The van der Waals surface area contributed by atoms with E-state index < -0.39 is 0 Å². The van der Waals surface area contributed by atoms with Gasteiger partial charge in [-0.2, -0.15) is 0 Å². The van der Waals surface area contributed by atoms with Crippen LogP contribution in [-0.4, -0.2) is 18.3 Å². The predicted octanol–water partition coefficient (Wildman–Crippen LogP) is 1.02. The minimum Gasteiger partial charge on any atom is -0.395 e. The fourth-order valence-electron chi connectivity index (χ4n) is 1.38. The molecule has 0 saturated carbocycles. The van der Waals surface area contributed by atoms with Crippen LogP contribution < -0.4 is 10.6 Å². The SMILES string of the molecule is OCCNc1cccc2c1CN2. The van der Waals surface area contributed by atoms with Gasteiger partial charge in [-0.1, -0.05) is 6.07 Å². The number of hydrogen-bond acceptors (Lipinski definition) is 3. The van der Waals surface area contributed by atoms with Gasteiger partial charge in [0, 0.05) is 30.0 Å². The monoisotopic (exact) mass is 164 g/mol. The van der Waals surface area contributed by atoms with Crippen LogP contribution in [0, 0.1) is 0 Å². The number of benzene rings is 1. The van der Waals surface area contributed by atoms with Crippen molar-refractivity contribution in [3.05, 3.63) is 23.8 Å². The van der Waals surface area contributed by atoms with Crippen LogP contribution in [0.2, 0.25) is 0 Å². The normalized spacial score (nSPS) is 12.8. The van der Waals surface area contributed by atoms with E-state index in [9.17, 15) is 0 Å². The maximum atomic E-state index is 8.63. The van der Waals surface area contributed by atoms with E-state index in [4.69, 9.17) is 5.11 Å². The lowest BCUT2D eigenvalue weighted by Crippen LogP contribution is -2.17. The molecular formula is C9H12N2O. The van der Waals surface area contributed by atoms with Crippen molar-refractivity contribution >= 4 is 11.4 Å². The molecule has 3 N–H and O–H groups in total. The van der Waals surface area contributed by atoms with E-state index in [0.29, 0.717) is 6.54 Å². The molecule has 1 aliphatic heterocycles. The quantitative estimate of drug-likeness (QED) is 0.625. The number of aliphatic hydroxyl groups is 1. The molecule has 1 aromatic carbocycles. The Bertz CT molecular complexity index is 286. The molecule has 0 amide bonds. The standard InChI is InChI=1S/C9H12N2O/c12-5-4-10-8-2-1-3-9-7(8)6-11-9/h1-3,10-12H,4-6H2. The number of hydrogen-bond donors (Lipinski definition) is 3. The first-order chi connectivity index (χ1) is 5.92. The Morgan fingerprint density at radius 1 is 1.50 bits per heavy atom. The van der Waals surface area contributed by atoms with Crippen molar-refractivity contribution in [1.82, 2.24) is 0 Å². The van der Waals surface area contributed by atoms with Crippen LogP contribution in [0.25, 0.3) is 0 Å². The van der Waals surface area contributed by atoms with Gasteiger partial charge in [0.1, 0.15) is 0 Å². The maximum Gasteiger partial charge on any atom is 0.0604 e. The third kappa shape index (κ3) is 1.12. The van der Waals surface area contributed by atoms with Crippen molar-refractivity contribution < 1.29 is 5.11 Å². The molecule has 0 fully saturated rings. The van der Waals surface area contributed by atoms with E-state index in [0.717, 1.165) is 12.2 Å². The molecule has 3 heteroatoms. The predicted molar refractivity (Wildman–Crippen MR) is 49.3 cm³/mol. The number of anilines is 2. The molecule has 2 rings (SSSR count). The topological polar surface area (TPSA) is 44.3 Å². The highest BCUT2D eigenvalue weighted by molar-refractivity contribution is 5.71. The van der Waals surface area contributed by atoms with Gasteiger partial charge in [-0.05, 0) is 12.1 Å². The van der Waals surface area contributed by atoms with Gasteiger partial charge in [0.25, 0.3) is 0 Å². The van der Waals surface area contributed by atoms with Gasteiger partial charge in [-0.15, -0.1) is 0 Å². The Morgan fingerprint density at radius 3 is 3.08 bits per heavy atom. The molecule has 0 saturated heterocycles. The molecule has 0 unspecified atom stereocenters. The molecule has 0 radical (unpaired) electrons. The van der Waals surface area contributed by atoms with Crippen LogP contribution in [0.4, 0.5) is 11.4 Å². The lowest BCUT2D eigenvalue weighted by atomic mass is 10.0. The smallest absolute Gasteiger partial charge is 0.0604 e. The summed E-state index contributed by atoms with van der Waals surface area (Å²) in [5, 5.41) is 15.0. The third-order valence-electron chi connectivity index (χ3n) is 2.06. The summed E-state index contributed by atoms with van der Waals surface area (Å²) >= 11 is 0. The molecule has 1 aromatic rings. The van der Waals surface area contributed by atoms with Gasteiger partial charge in [-0.3, -0.25) is 0 Å². The van der Waals surface area contributed by atoms with Gasteiger partial charge >= 0.3 is 0 Å². The number of fused-ring (bicyclic) bond motifs is 1. The van der Waals surface area contributed by atoms with Crippen molar-refractivity contribution in [3.63, 3.8) is 0 Å². The van der Waals surface area contributed by atoms with Crippen molar-refractivity contribution in [2.24, 2.45) is 0 Å². The van der Waals surface area contributed by atoms with Crippen LogP contribution in [0.3, 0.4) is 0 Å². The van der Waals surface area contributed by atoms with Crippen molar-refractivity contribution in [3.8, 4) is 0 Å². The third-order valence-corrected chi connectivity index (χ3v) is 2.06. The summed E-state index contributed by atoms with van der Waals surface area (Å²) < 4.78 is 0. The van der Waals surface area contributed by atoms with Gasteiger partial charge in [0.15, 0.2) is 0 Å². The first-order valence-electron chi connectivity index (χ1n) is 4.12. The maximum absolute atomic E-state index is 8.63. The van der Waals surface area contributed by atoms with Crippen LogP contribution in [0.5, 0.6) is 0 Å². The average Bonchev–Trinajstić information content (AvgIpc) is 2.04. The van der Waals surface area contributed by atoms with E-state index in [1.54, 1.807) is 0 Å². The van der Waals surface area contributed by atoms with Crippen molar-refractivity contribution in [2.45, 2.75) is 6.54 Å². The van der Waals surface area contributed by atoms with Gasteiger partial charge in [0.05, 0.1) is 6.61 Å². The molecule has 0 spiro atoms. The van der Waals surface area contributed by atoms with Crippen LogP contribution in [-0.2, 0) is 6.54 Å². The molecule has 0 atom stereocenters. The second kappa shape index (κ2) is 3.03. The number of aliphatic hydroxyl groups excluding tert-OH is 1. The second-order valence-electron chi connectivity index (χ2n) is 2.84. The van der Waals surface area contributed by atoms with Crippen LogP contribution >= 0.6 is 0 Å². The first kappa shape index (κ1) is 7.43. The first-order valence-corrected chi connectivity index (χ1v) is 4.12. The van der Waals surface area contributed by atoms with E-state index >= 15 is 0 Å². The number of nitrogens with one attached hydrogen (secondary N) is 2. The zero-order chi connectivity index (χ0) is 8.39.